The fraction of sp³-hybridized carbons (Fsp3) is 0.714. The normalized spacial score (nSPS) is 17.3. The van der Waals surface area contributed by atoms with Crippen molar-refractivity contribution in [3.8, 4) is 0 Å². The van der Waals surface area contributed by atoms with Crippen LogP contribution in [0.25, 0.3) is 0 Å². The van der Waals surface area contributed by atoms with Gasteiger partial charge in [0.05, 0.1) is 0 Å². The molecule has 1 aromatic heterocycles. The van der Waals surface area contributed by atoms with Crippen molar-refractivity contribution in [2.75, 3.05) is 31.1 Å². The zero-order chi connectivity index (χ0) is 14.0. The summed E-state index contributed by atoms with van der Waals surface area (Å²) in [6, 6.07) is 0.614. The maximum Gasteiger partial charge on any atom is 0.137 e. The molecule has 4 nitrogen and oxygen atoms in total. The number of aromatic nitrogens is 2. The third-order valence-electron chi connectivity index (χ3n) is 3.77. The lowest BCUT2D eigenvalue weighted by atomic mass is 10.2. The Hall–Kier alpha value is -0.870. The third kappa shape index (κ3) is 3.18. The van der Waals surface area contributed by atoms with Crippen LogP contribution in [0.5, 0.6) is 0 Å². The van der Waals surface area contributed by atoms with Crippen LogP contribution in [0.1, 0.15) is 32.2 Å². The molecular weight excluding hydrogens is 260 g/mol. The van der Waals surface area contributed by atoms with Gasteiger partial charge in [-0.25, -0.2) is 9.97 Å². The molecule has 0 spiro atoms. The van der Waals surface area contributed by atoms with Crippen LogP contribution in [-0.2, 0) is 6.42 Å². The molecule has 5 heteroatoms. The molecule has 2 rings (SSSR count). The van der Waals surface area contributed by atoms with Crippen LogP contribution in [0.2, 0.25) is 5.15 Å². The Morgan fingerprint density at radius 1 is 1.16 bits per heavy atom. The number of anilines is 1. The van der Waals surface area contributed by atoms with Crippen LogP contribution >= 0.6 is 11.6 Å². The molecule has 1 aliphatic heterocycles. The van der Waals surface area contributed by atoms with Gasteiger partial charge in [-0.1, -0.05) is 18.5 Å². The molecule has 19 heavy (non-hydrogen) atoms. The lowest BCUT2D eigenvalue weighted by molar-refractivity contribution is 0.209. The topological polar surface area (TPSA) is 32.3 Å². The molecule has 1 aromatic rings. The summed E-state index contributed by atoms with van der Waals surface area (Å²) in [6.45, 7) is 12.7. The summed E-state index contributed by atoms with van der Waals surface area (Å²) in [7, 11) is 0. The van der Waals surface area contributed by atoms with E-state index in [1.807, 2.05) is 6.92 Å². The Morgan fingerprint density at radius 3 is 2.32 bits per heavy atom. The summed E-state index contributed by atoms with van der Waals surface area (Å²) in [5.74, 6) is 1.84. The maximum atomic E-state index is 6.21. The highest BCUT2D eigenvalue weighted by Gasteiger charge is 2.22. The first kappa shape index (κ1) is 14.5. The molecule has 2 heterocycles. The second-order valence-electron chi connectivity index (χ2n) is 5.35. The van der Waals surface area contributed by atoms with Crippen molar-refractivity contribution >= 4 is 17.4 Å². The van der Waals surface area contributed by atoms with Crippen LogP contribution in [0, 0.1) is 6.92 Å². The Kier molecular flexibility index (Phi) is 4.63. The van der Waals surface area contributed by atoms with Gasteiger partial charge in [-0.2, -0.15) is 0 Å². The van der Waals surface area contributed by atoms with Gasteiger partial charge in [-0.3, -0.25) is 4.90 Å². The van der Waals surface area contributed by atoms with E-state index in [1.54, 1.807) is 0 Å². The Balaban J connectivity index is 2.17. The van der Waals surface area contributed by atoms with Gasteiger partial charge in [0.25, 0.3) is 0 Å². The van der Waals surface area contributed by atoms with Crippen molar-refractivity contribution in [2.45, 2.75) is 40.2 Å². The summed E-state index contributed by atoms with van der Waals surface area (Å²) in [4.78, 5) is 13.8. The van der Waals surface area contributed by atoms with Crippen LogP contribution in [0.15, 0.2) is 0 Å². The highest BCUT2D eigenvalue weighted by atomic mass is 35.5. The molecule has 0 aromatic carbocycles. The second-order valence-corrected chi connectivity index (χ2v) is 5.71. The van der Waals surface area contributed by atoms with Gasteiger partial charge < -0.3 is 4.90 Å². The first-order valence-electron chi connectivity index (χ1n) is 7.05. The number of nitrogens with zero attached hydrogens (tertiary/aromatic N) is 4. The smallest absolute Gasteiger partial charge is 0.137 e. The van der Waals surface area contributed by atoms with Gasteiger partial charge in [0, 0.05) is 44.2 Å². The fourth-order valence-electron chi connectivity index (χ4n) is 2.44. The van der Waals surface area contributed by atoms with Gasteiger partial charge in [-0.15, -0.1) is 0 Å². The predicted molar refractivity (Wildman–Crippen MR) is 80.1 cm³/mol. The molecule has 0 unspecified atom stereocenters. The Morgan fingerprint density at radius 2 is 1.79 bits per heavy atom. The maximum absolute atomic E-state index is 6.21. The Labute approximate surface area is 120 Å². The minimum absolute atomic E-state index is 0.591. The summed E-state index contributed by atoms with van der Waals surface area (Å²) < 4.78 is 0. The zero-order valence-corrected chi connectivity index (χ0v) is 13.0. The number of halogens is 1. The van der Waals surface area contributed by atoms with E-state index in [4.69, 9.17) is 11.6 Å². The van der Waals surface area contributed by atoms with Crippen molar-refractivity contribution in [3.63, 3.8) is 0 Å². The van der Waals surface area contributed by atoms with Crippen molar-refractivity contribution < 1.29 is 0 Å². The summed E-state index contributed by atoms with van der Waals surface area (Å²) >= 11 is 6.21. The van der Waals surface area contributed by atoms with E-state index in [-0.39, 0.29) is 0 Å². The fourth-order valence-corrected chi connectivity index (χ4v) is 2.62. The van der Waals surface area contributed by atoms with Crippen molar-refractivity contribution in [3.05, 3.63) is 16.5 Å². The largest absolute Gasteiger partial charge is 0.354 e. The van der Waals surface area contributed by atoms with E-state index in [9.17, 15) is 0 Å². The minimum atomic E-state index is 0.591. The molecule has 1 fully saturated rings. The van der Waals surface area contributed by atoms with E-state index >= 15 is 0 Å². The zero-order valence-electron chi connectivity index (χ0n) is 12.3. The van der Waals surface area contributed by atoms with Gasteiger partial charge in [0.15, 0.2) is 0 Å². The molecule has 0 amide bonds. The second kappa shape index (κ2) is 6.06. The van der Waals surface area contributed by atoms with Gasteiger partial charge >= 0.3 is 0 Å². The van der Waals surface area contributed by atoms with Crippen LogP contribution in [-0.4, -0.2) is 47.1 Å². The lowest BCUT2D eigenvalue weighted by Crippen LogP contribution is -2.49. The van der Waals surface area contributed by atoms with Gasteiger partial charge in [-0.05, 0) is 20.8 Å². The number of piperazine rings is 1. The van der Waals surface area contributed by atoms with Crippen molar-refractivity contribution in [1.82, 2.24) is 14.9 Å². The highest BCUT2D eigenvalue weighted by molar-refractivity contribution is 6.30. The van der Waals surface area contributed by atoms with E-state index in [2.05, 4.69) is 40.5 Å². The number of hydrogen-bond acceptors (Lipinski definition) is 4. The average Bonchev–Trinajstić information content (AvgIpc) is 2.41. The van der Waals surface area contributed by atoms with Crippen molar-refractivity contribution in [1.29, 1.82) is 0 Å². The lowest BCUT2D eigenvalue weighted by Gasteiger charge is -2.38. The molecule has 0 aliphatic carbocycles. The van der Waals surface area contributed by atoms with Crippen molar-refractivity contribution in [2.24, 2.45) is 0 Å². The molecule has 0 atom stereocenters. The predicted octanol–water partition coefficient (Wildman–Crippen LogP) is 2.53. The first-order chi connectivity index (χ1) is 9.02. The molecule has 1 saturated heterocycles. The first-order valence-corrected chi connectivity index (χ1v) is 7.42. The summed E-state index contributed by atoms with van der Waals surface area (Å²) in [5.41, 5.74) is 0.997. The average molecular weight is 283 g/mol. The minimum Gasteiger partial charge on any atom is -0.354 e. The summed E-state index contributed by atoms with van der Waals surface area (Å²) in [5, 5.41) is 0.591. The van der Waals surface area contributed by atoms with Crippen LogP contribution in [0.4, 0.5) is 5.82 Å². The molecule has 1 aliphatic rings. The molecule has 0 N–H and O–H groups in total. The van der Waals surface area contributed by atoms with Gasteiger partial charge in [0.2, 0.25) is 0 Å². The highest BCUT2D eigenvalue weighted by Crippen LogP contribution is 2.24. The quantitative estimate of drug-likeness (QED) is 0.798. The number of hydrogen-bond donors (Lipinski definition) is 0. The van der Waals surface area contributed by atoms with Gasteiger partial charge in [0.1, 0.15) is 16.8 Å². The SMILES string of the molecule is CCc1nc(Cl)c(C)c(N2CCN(C(C)C)CC2)n1. The van der Waals surface area contributed by atoms with E-state index in [0.29, 0.717) is 11.2 Å². The standard InChI is InChI=1S/C14H23ClN4/c1-5-12-16-13(15)11(4)14(17-12)19-8-6-18(7-9-19)10(2)3/h10H,5-9H2,1-4H3. The molecule has 106 valence electrons. The van der Waals surface area contributed by atoms with Crippen LogP contribution in [0.3, 0.4) is 0 Å². The third-order valence-corrected chi connectivity index (χ3v) is 4.14. The number of rotatable bonds is 3. The molecule has 0 saturated carbocycles. The molecule has 0 radical (unpaired) electrons. The number of aryl methyl sites for hydroxylation is 1. The molecule has 0 bridgehead atoms. The van der Waals surface area contributed by atoms with E-state index < -0.39 is 0 Å². The monoisotopic (exact) mass is 282 g/mol. The van der Waals surface area contributed by atoms with E-state index in [1.165, 1.54) is 0 Å². The summed E-state index contributed by atoms with van der Waals surface area (Å²) in [6.07, 6.45) is 0.818. The van der Waals surface area contributed by atoms with E-state index in [0.717, 1.165) is 49.8 Å². The Bertz CT molecular complexity index is 439. The molecular formula is C14H23ClN4. The van der Waals surface area contributed by atoms with Crippen LogP contribution < -0.4 is 4.90 Å².